The summed E-state index contributed by atoms with van der Waals surface area (Å²) in [4.78, 5) is 18.7. The van der Waals surface area contributed by atoms with Crippen molar-refractivity contribution in [2.24, 2.45) is 5.41 Å². The molecule has 154 valence electrons. The van der Waals surface area contributed by atoms with Crippen LogP contribution in [0.5, 0.6) is 0 Å². The van der Waals surface area contributed by atoms with Crippen molar-refractivity contribution < 1.29 is 14.6 Å². The Morgan fingerprint density at radius 1 is 1.37 bits per heavy atom. The summed E-state index contributed by atoms with van der Waals surface area (Å²) in [7, 11) is 3.88. The van der Waals surface area contributed by atoms with Gasteiger partial charge in [0, 0.05) is 33.2 Å². The number of aliphatic carboxylic acids is 1. The first-order valence-corrected chi connectivity index (χ1v) is 9.96. The summed E-state index contributed by atoms with van der Waals surface area (Å²) in [5, 5.41) is 9.86. The van der Waals surface area contributed by atoms with Crippen molar-refractivity contribution in [3.8, 4) is 0 Å². The lowest BCUT2D eigenvalue weighted by molar-refractivity contribution is -0.132. The molecule has 2 atom stereocenters. The fourth-order valence-corrected chi connectivity index (χ4v) is 4.01. The van der Waals surface area contributed by atoms with Crippen LogP contribution in [0.1, 0.15) is 47.5 Å². The molecule has 0 saturated carbocycles. The molecule has 1 saturated heterocycles. The van der Waals surface area contributed by atoms with Crippen LogP contribution in [0.15, 0.2) is 23.0 Å². The van der Waals surface area contributed by atoms with E-state index in [0.717, 1.165) is 43.9 Å². The van der Waals surface area contributed by atoms with Gasteiger partial charge >= 0.3 is 5.97 Å². The van der Waals surface area contributed by atoms with E-state index in [9.17, 15) is 9.90 Å². The smallest absolute Gasteiger partial charge is 0.339 e. The molecule has 27 heavy (non-hydrogen) atoms. The van der Waals surface area contributed by atoms with E-state index >= 15 is 0 Å². The molecule has 0 aromatic rings. The van der Waals surface area contributed by atoms with Gasteiger partial charge in [-0.2, -0.15) is 0 Å². The Kier molecular flexibility index (Phi) is 6.98. The third-order valence-corrected chi connectivity index (χ3v) is 5.33. The Labute approximate surface area is 164 Å². The number of morpholine rings is 1. The second-order valence-electron chi connectivity index (χ2n) is 9.18. The predicted octanol–water partition coefficient (Wildman–Crippen LogP) is 2.98. The summed E-state index contributed by atoms with van der Waals surface area (Å²) in [5.41, 5.74) is 1.51. The molecule has 1 fully saturated rings. The number of ether oxygens (including phenoxy) is 1. The molecule has 6 nitrogen and oxygen atoms in total. The summed E-state index contributed by atoms with van der Waals surface area (Å²) in [6.45, 7) is 14.0. The van der Waals surface area contributed by atoms with Crippen LogP contribution in [0.4, 0.5) is 0 Å². The Bertz CT molecular complexity index is 604. The average molecular weight is 380 g/mol. The summed E-state index contributed by atoms with van der Waals surface area (Å²) in [6, 6.07) is 0.299. The van der Waals surface area contributed by atoms with Crippen molar-refractivity contribution in [1.29, 1.82) is 0 Å². The highest BCUT2D eigenvalue weighted by atomic mass is 16.5. The van der Waals surface area contributed by atoms with E-state index in [0.29, 0.717) is 18.2 Å². The lowest BCUT2D eigenvalue weighted by Crippen LogP contribution is -2.57. The minimum Gasteiger partial charge on any atom is -0.478 e. The summed E-state index contributed by atoms with van der Waals surface area (Å²) in [6.07, 6.45) is 4.30. The van der Waals surface area contributed by atoms with Crippen LogP contribution in [0.3, 0.4) is 0 Å². The first kappa shape index (κ1) is 21.8. The van der Waals surface area contributed by atoms with Gasteiger partial charge in [-0.25, -0.2) is 4.79 Å². The molecule has 2 rings (SSSR count). The molecule has 0 spiro atoms. The fourth-order valence-electron chi connectivity index (χ4n) is 4.01. The fraction of sp³-hybridized carbons (Fsp3) is 0.762. The van der Waals surface area contributed by atoms with Crippen LogP contribution in [-0.2, 0) is 9.53 Å². The highest BCUT2D eigenvalue weighted by Gasteiger charge is 2.37. The maximum absolute atomic E-state index is 12.0. The minimum atomic E-state index is -0.859. The van der Waals surface area contributed by atoms with Crippen molar-refractivity contribution in [3.63, 3.8) is 0 Å². The predicted molar refractivity (Wildman–Crippen MR) is 108 cm³/mol. The average Bonchev–Trinajstić information content (AvgIpc) is 2.54. The number of nitrogens with zero attached hydrogens (tertiary/aromatic N) is 3. The Morgan fingerprint density at radius 3 is 2.56 bits per heavy atom. The van der Waals surface area contributed by atoms with E-state index in [1.807, 2.05) is 25.9 Å². The van der Waals surface area contributed by atoms with Crippen LogP contribution in [0.2, 0.25) is 0 Å². The van der Waals surface area contributed by atoms with E-state index in [2.05, 4.69) is 43.6 Å². The van der Waals surface area contributed by atoms with E-state index in [1.165, 1.54) is 0 Å². The van der Waals surface area contributed by atoms with E-state index < -0.39 is 5.97 Å². The van der Waals surface area contributed by atoms with Gasteiger partial charge in [-0.15, -0.1) is 0 Å². The number of hydrogen-bond donors (Lipinski definition) is 1. The number of carboxylic acids is 1. The third-order valence-electron chi connectivity index (χ3n) is 5.33. The van der Waals surface area contributed by atoms with Crippen LogP contribution in [0, 0.1) is 5.41 Å². The van der Waals surface area contributed by atoms with Gasteiger partial charge < -0.3 is 19.6 Å². The first-order valence-electron chi connectivity index (χ1n) is 9.96. The minimum absolute atomic E-state index is 0.0596. The van der Waals surface area contributed by atoms with Gasteiger partial charge in [-0.1, -0.05) is 20.8 Å². The van der Waals surface area contributed by atoms with Gasteiger partial charge in [-0.05, 0) is 43.8 Å². The van der Waals surface area contributed by atoms with Gasteiger partial charge in [0.15, 0.2) is 0 Å². The monoisotopic (exact) mass is 379 g/mol. The number of rotatable bonds is 6. The van der Waals surface area contributed by atoms with Gasteiger partial charge in [0.05, 0.1) is 13.2 Å². The molecule has 6 heteroatoms. The third kappa shape index (κ3) is 5.26. The van der Waals surface area contributed by atoms with Gasteiger partial charge in [-0.3, -0.25) is 4.90 Å². The molecule has 2 heterocycles. The lowest BCUT2D eigenvalue weighted by Gasteiger charge is -2.48. The molecule has 0 aromatic carbocycles. The molecule has 1 unspecified atom stereocenters. The zero-order chi connectivity index (χ0) is 20.4. The molecular formula is C21H37N3O3. The number of carboxylic acid groups (broad SMARTS) is 1. The normalized spacial score (nSPS) is 24.9. The van der Waals surface area contributed by atoms with Gasteiger partial charge in [0.1, 0.15) is 17.6 Å². The zero-order valence-electron chi connectivity index (χ0n) is 18.1. The highest BCUT2D eigenvalue weighted by molar-refractivity contribution is 5.92. The van der Waals surface area contributed by atoms with Crippen LogP contribution in [-0.4, -0.2) is 78.4 Å². The Morgan fingerprint density at radius 2 is 2.04 bits per heavy atom. The van der Waals surface area contributed by atoms with Crippen molar-refractivity contribution in [1.82, 2.24) is 14.7 Å². The lowest BCUT2D eigenvalue weighted by atomic mass is 9.90. The molecule has 0 amide bonds. The zero-order valence-corrected chi connectivity index (χ0v) is 18.1. The van der Waals surface area contributed by atoms with Crippen molar-refractivity contribution >= 4 is 5.97 Å². The second-order valence-corrected chi connectivity index (χ2v) is 9.18. The van der Waals surface area contributed by atoms with Crippen LogP contribution < -0.4 is 0 Å². The van der Waals surface area contributed by atoms with E-state index in [1.54, 1.807) is 0 Å². The summed E-state index contributed by atoms with van der Waals surface area (Å²) < 4.78 is 5.63. The number of hydrogen-bond acceptors (Lipinski definition) is 5. The van der Waals surface area contributed by atoms with Crippen LogP contribution >= 0.6 is 0 Å². The topological polar surface area (TPSA) is 56.2 Å². The quantitative estimate of drug-likeness (QED) is 0.766. The molecule has 0 aromatic heterocycles. The van der Waals surface area contributed by atoms with Crippen LogP contribution in [0.25, 0.3) is 0 Å². The molecule has 0 aliphatic carbocycles. The first-order chi connectivity index (χ1) is 12.5. The van der Waals surface area contributed by atoms with Gasteiger partial charge in [0.2, 0.25) is 0 Å². The summed E-state index contributed by atoms with van der Waals surface area (Å²) in [5.74, 6) is -0.0538. The molecule has 0 radical (unpaired) electrons. The Hall–Kier alpha value is -1.53. The maximum Gasteiger partial charge on any atom is 0.339 e. The molecular weight excluding hydrogens is 342 g/mol. The van der Waals surface area contributed by atoms with Gasteiger partial charge in [0.25, 0.3) is 0 Å². The van der Waals surface area contributed by atoms with E-state index in [-0.39, 0.29) is 11.6 Å². The maximum atomic E-state index is 12.0. The molecule has 1 N–H and O–H groups in total. The molecule has 2 aliphatic heterocycles. The Balaban J connectivity index is 2.40. The number of carbonyl (C=O) groups is 1. The molecule has 2 aliphatic rings. The standard InChI is InChI=1S/C21H37N3O3/c1-15-13-17(23-11-12-27-14-16(23)2)24(10-8-9-21(3,4)5)19(22(6)7)18(15)20(25)26/h13,16-17H,8-12,14H2,1-7H3,(H,25,26)/t16-,17?/m1/s1. The van der Waals surface area contributed by atoms with E-state index in [4.69, 9.17) is 4.74 Å². The highest BCUT2D eigenvalue weighted by Crippen LogP contribution is 2.32. The summed E-state index contributed by atoms with van der Waals surface area (Å²) >= 11 is 0. The van der Waals surface area contributed by atoms with Crippen molar-refractivity contribution in [2.75, 3.05) is 40.4 Å². The largest absolute Gasteiger partial charge is 0.478 e. The van der Waals surface area contributed by atoms with Crippen molar-refractivity contribution in [3.05, 3.63) is 23.0 Å². The second kappa shape index (κ2) is 8.65. The van der Waals surface area contributed by atoms with Crippen molar-refractivity contribution in [2.45, 2.75) is 59.7 Å². The SMILES string of the molecule is CC1=CC(N2CCOC[C@H]2C)N(CCCC(C)(C)C)C(N(C)C)=C1C(=O)O. The molecule has 0 bridgehead atoms.